The lowest BCUT2D eigenvalue weighted by Gasteiger charge is -1.99. The van der Waals surface area contributed by atoms with Crippen molar-refractivity contribution in [3.63, 3.8) is 0 Å². The molecule has 0 bridgehead atoms. The molecule has 0 saturated carbocycles. The minimum atomic E-state index is 0.843. The fraction of sp³-hybridized carbons (Fsp3) is 0.0833. The molecular weight excluding hydrogens is 158 g/mol. The number of hydrogen-bond donors (Lipinski definition) is 0. The van der Waals surface area contributed by atoms with Gasteiger partial charge in [0, 0.05) is 23.6 Å². The van der Waals surface area contributed by atoms with Crippen LogP contribution in [0.5, 0.6) is 0 Å². The Morgan fingerprint density at radius 3 is 2.85 bits per heavy atom. The van der Waals surface area contributed by atoms with E-state index in [-0.39, 0.29) is 0 Å². The molecule has 1 aromatic carbocycles. The van der Waals surface area contributed by atoms with Gasteiger partial charge in [0.05, 0.1) is 0 Å². The SMILES string of the molecule is [CH2]c1cn(CC=C)c2ccccc12. The maximum absolute atomic E-state index is 4.00. The molecule has 2 aromatic rings. The van der Waals surface area contributed by atoms with Gasteiger partial charge in [-0.1, -0.05) is 24.3 Å². The van der Waals surface area contributed by atoms with Crippen molar-refractivity contribution in [2.75, 3.05) is 0 Å². The third-order valence-corrected chi connectivity index (χ3v) is 2.20. The standard InChI is InChI=1S/C12H12N/c1-3-8-13-9-10(2)11-6-4-5-7-12(11)13/h3-7,9H,1-2,8H2. The molecule has 1 nitrogen and oxygen atoms in total. The summed E-state index contributed by atoms with van der Waals surface area (Å²) in [5.41, 5.74) is 2.31. The fourth-order valence-electron chi connectivity index (χ4n) is 1.61. The Hall–Kier alpha value is -1.50. The first-order valence-electron chi connectivity index (χ1n) is 4.33. The highest BCUT2D eigenvalue weighted by Gasteiger charge is 2.01. The summed E-state index contributed by atoms with van der Waals surface area (Å²) in [6.07, 6.45) is 3.96. The van der Waals surface area contributed by atoms with Crippen LogP contribution in [0.15, 0.2) is 43.1 Å². The fourth-order valence-corrected chi connectivity index (χ4v) is 1.61. The highest BCUT2D eigenvalue weighted by atomic mass is 14.9. The van der Waals surface area contributed by atoms with Gasteiger partial charge in [-0.25, -0.2) is 0 Å². The lowest BCUT2D eigenvalue weighted by Crippen LogP contribution is -1.90. The molecule has 1 radical (unpaired) electrons. The van der Waals surface area contributed by atoms with E-state index in [1.807, 2.05) is 18.2 Å². The average molecular weight is 170 g/mol. The Kier molecular flexibility index (Phi) is 1.93. The zero-order valence-corrected chi connectivity index (χ0v) is 7.53. The van der Waals surface area contributed by atoms with Crippen LogP contribution in [0.1, 0.15) is 5.56 Å². The minimum absolute atomic E-state index is 0.843. The molecule has 0 amide bonds. The van der Waals surface area contributed by atoms with E-state index in [9.17, 15) is 0 Å². The predicted molar refractivity (Wildman–Crippen MR) is 56.6 cm³/mol. The van der Waals surface area contributed by atoms with Crippen LogP contribution in [0.4, 0.5) is 0 Å². The van der Waals surface area contributed by atoms with Gasteiger partial charge >= 0.3 is 0 Å². The largest absolute Gasteiger partial charge is 0.343 e. The molecule has 0 aliphatic heterocycles. The second-order valence-electron chi connectivity index (χ2n) is 3.11. The normalized spacial score (nSPS) is 10.5. The van der Waals surface area contributed by atoms with Crippen molar-refractivity contribution >= 4 is 10.9 Å². The van der Waals surface area contributed by atoms with Gasteiger partial charge in [-0.3, -0.25) is 0 Å². The number of allylic oxidation sites excluding steroid dienone is 1. The molecule has 0 fully saturated rings. The zero-order valence-electron chi connectivity index (χ0n) is 7.53. The second-order valence-corrected chi connectivity index (χ2v) is 3.11. The highest BCUT2D eigenvalue weighted by molar-refractivity contribution is 5.84. The number of hydrogen-bond acceptors (Lipinski definition) is 0. The molecule has 0 aliphatic rings. The second kappa shape index (κ2) is 3.09. The summed E-state index contributed by atoms with van der Waals surface area (Å²) < 4.78 is 2.16. The van der Waals surface area contributed by atoms with Gasteiger partial charge in [0.15, 0.2) is 0 Å². The maximum Gasteiger partial charge on any atom is 0.0486 e. The van der Waals surface area contributed by atoms with Crippen molar-refractivity contribution in [1.29, 1.82) is 0 Å². The number of fused-ring (bicyclic) bond motifs is 1. The summed E-state index contributed by atoms with van der Waals surface area (Å²) in [6.45, 7) is 8.57. The lowest BCUT2D eigenvalue weighted by atomic mass is 10.2. The quantitative estimate of drug-likeness (QED) is 0.610. The molecule has 0 spiro atoms. The summed E-state index contributed by atoms with van der Waals surface area (Å²) in [7, 11) is 0. The van der Waals surface area contributed by atoms with Crippen molar-refractivity contribution in [2.45, 2.75) is 6.54 Å². The molecule has 1 heterocycles. The van der Waals surface area contributed by atoms with E-state index < -0.39 is 0 Å². The van der Waals surface area contributed by atoms with E-state index in [0.29, 0.717) is 0 Å². The zero-order chi connectivity index (χ0) is 9.26. The summed E-state index contributed by atoms with van der Waals surface area (Å²) in [5.74, 6) is 0. The number of aromatic nitrogens is 1. The first kappa shape index (κ1) is 8.11. The number of benzene rings is 1. The van der Waals surface area contributed by atoms with Crippen LogP contribution in [0.2, 0.25) is 0 Å². The third-order valence-electron chi connectivity index (χ3n) is 2.20. The van der Waals surface area contributed by atoms with Gasteiger partial charge in [0.1, 0.15) is 0 Å². The molecular formula is C12H12N. The molecule has 0 atom stereocenters. The third kappa shape index (κ3) is 1.26. The summed E-state index contributed by atoms with van der Waals surface area (Å²) in [5, 5.41) is 1.23. The van der Waals surface area contributed by atoms with E-state index in [2.05, 4.69) is 36.4 Å². The van der Waals surface area contributed by atoms with Crippen LogP contribution in [-0.2, 0) is 6.54 Å². The van der Waals surface area contributed by atoms with Gasteiger partial charge in [-0.05, 0) is 18.6 Å². The van der Waals surface area contributed by atoms with Gasteiger partial charge in [-0.15, -0.1) is 6.58 Å². The topological polar surface area (TPSA) is 4.93 Å². The molecule has 0 unspecified atom stereocenters. The first-order valence-corrected chi connectivity index (χ1v) is 4.33. The summed E-state index contributed by atoms with van der Waals surface area (Å²) in [4.78, 5) is 0. The summed E-state index contributed by atoms with van der Waals surface area (Å²) in [6, 6.07) is 8.28. The predicted octanol–water partition coefficient (Wildman–Crippen LogP) is 3.01. The molecule has 0 saturated heterocycles. The van der Waals surface area contributed by atoms with Crippen molar-refractivity contribution in [1.82, 2.24) is 4.57 Å². The van der Waals surface area contributed by atoms with Crippen LogP contribution in [0.25, 0.3) is 10.9 Å². The van der Waals surface area contributed by atoms with E-state index in [0.717, 1.165) is 12.1 Å². The smallest absolute Gasteiger partial charge is 0.0486 e. The van der Waals surface area contributed by atoms with E-state index in [1.54, 1.807) is 0 Å². The lowest BCUT2D eigenvalue weighted by molar-refractivity contribution is 0.864. The van der Waals surface area contributed by atoms with Crippen molar-refractivity contribution < 1.29 is 0 Å². The van der Waals surface area contributed by atoms with Crippen LogP contribution in [0, 0.1) is 6.92 Å². The maximum atomic E-state index is 4.00. The molecule has 0 N–H and O–H groups in total. The van der Waals surface area contributed by atoms with Crippen molar-refractivity contribution in [3.8, 4) is 0 Å². The molecule has 13 heavy (non-hydrogen) atoms. The Bertz CT molecular complexity index is 437. The van der Waals surface area contributed by atoms with Crippen LogP contribution in [-0.4, -0.2) is 4.57 Å². The Balaban J connectivity index is 2.70. The van der Waals surface area contributed by atoms with Gasteiger partial charge < -0.3 is 4.57 Å². The Morgan fingerprint density at radius 2 is 2.08 bits per heavy atom. The van der Waals surface area contributed by atoms with Gasteiger partial charge in [-0.2, -0.15) is 0 Å². The molecule has 1 aromatic heterocycles. The van der Waals surface area contributed by atoms with Crippen molar-refractivity contribution in [3.05, 3.63) is 55.6 Å². The highest BCUT2D eigenvalue weighted by Crippen LogP contribution is 2.19. The van der Waals surface area contributed by atoms with Gasteiger partial charge in [0.2, 0.25) is 0 Å². The monoisotopic (exact) mass is 170 g/mol. The number of rotatable bonds is 2. The Morgan fingerprint density at radius 1 is 1.31 bits per heavy atom. The molecule has 0 aliphatic carbocycles. The van der Waals surface area contributed by atoms with Crippen LogP contribution in [0.3, 0.4) is 0 Å². The van der Waals surface area contributed by atoms with E-state index >= 15 is 0 Å². The Labute approximate surface area is 78.3 Å². The van der Waals surface area contributed by atoms with E-state index in [4.69, 9.17) is 0 Å². The van der Waals surface area contributed by atoms with Crippen LogP contribution >= 0.6 is 0 Å². The average Bonchev–Trinajstić information content (AvgIpc) is 2.46. The summed E-state index contributed by atoms with van der Waals surface area (Å²) >= 11 is 0. The van der Waals surface area contributed by atoms with Crippen molar-refractivity contribution in [2.24, 2.45) is 0 Å². The first-order chi connectivity index (χ1) is 6.33. The van der Waals surface area contributed by atoms with Gasteiger partial charge in [0.25, 0.3) is 0 Å². The van der Waals surface area contributed by atoms with E-state index in [1.165, 1.54) is 10.9 Å². The minimum Gasteiger partial charge on any atom is -0.343 e. The number of para-hydroxylation sites is 1. The molecule has 2 rings (SSSR count). The number of nitrogens with zero attached hydrogens (tertiary/aromatic N) is 1. The molecule has 65 valence electrons. The van der Waals surface area contributed by atoms with Crippen LogP contribution < -0.4 is 0 Å². The molecule has 1 heteroatoms.